The Morgan fingerprint density at radius 2 is 1.67 bits per heavy atom. The van der Waals surface area contributed by atoms with Gasteiger partial charge in [-0.25, -0.2) is 4.98 Å². The summed E-state index contributed by atoms with van der Waals surface area (Å²) in [7, 11) is 0. The molecule has 2 N–H and O–H groups in total. The molecule has 0 bridgehead atoms. The number of aromatic nitrogens is 4. The van der Waals surface area contributed by atoms with Gasteiger partial charge in [0.15, 0.2) is 5.69 Å². The number of benzene rings is 2. The fourth-order valence-electron chi connectivity index (χ4n) is 2.49. The van der Waals surface area contributed by atoms with E-state index in [9.17, 15) is 0 Å². The molecule has 0 unspecified atom stereocenters. The lowest BCUT2D eigenvalue weighted by Crippen LogP contribution is -2.03. The van der Waals surface area contributed by atoms with E-state index in [1.54, 1.807) is 6.33 Å². The topological polar surface area (TPSA) is 82.8 Å². The molecule has 2 aromatic carbocycles. The standard InChI is InChI=1S/C18H15N5O/c19-16-15(20-12-23(16)11-13-7-3-1-4-8-13)17-21-18(24-22-17)14-9-5-2-6-10-14/h1-10,12H,11,19H2. The molecule has 0 fully saturated rings. The fraction of sp³-hybridized carbons (Fsp3) is 0.0556. The monoisotopic (exact) mass is 317 g/mol. The van der Waals surface area contributed by atoms with Crippen molar-refractivity contribution in [2.24, 2.45) is 0 Å². The van der Waals surface area contributed by atoms with Crippen molar-refractivity contribution in [3.05, 3.63) is 72.6 Å². The molecular formula is C18H15N5O. The molecule has 2 aromatic heterocycles. The second kappa shape index (κ2) is 6.00. The molecule has 0 atom stereocenters. The molecule has 0 spiro atoms. The van der Waals surface area contributed by atoms with Gasteiger partial charge in [0.1, 0.15) is 5.82 Å². The minimum Gasteiger partial charge on any atom is -0.383 e. The number of nitrogen functional groups attached to an aromatic ring is 1. The van der Waals surface area contributed by atoms with E-state index >= 15 is 0 Å². The summed E-state index contributed by atoms with van der Waals surface area (Å²) in [6.45, 7) is 0.642. The predicted octanol–water partition coefficient (Wildman–Crippen LogP) is 3.23. The Balaban J connectivity index is 1.63. The van der Waals surface area contributed by atoms with Gasteiger partial charge >= 0.3 is 0 Å². The van der Waals surface area contributed by atoms with Crippen molar-refractivity contribution in [1.29, 1.82) is 0 Å². The molecule has 2 heterocycles. The van der Waals surface area contributed by atoms with Gasteiger partial charge in [0, 0.05) is 5.56 Å². The van der Waals surface area contributed by atoms with Crippen LogP contribution in [-0.4, -0.2) is 19.7 Å². The Kier molecular flexibility index (Phi) is 3.55. The van der Waals surface area contributed by atoms with Crippen molar-refractivity contribution in [3.63, 3.8) is 0 Å². The zero-order valence-corrected chi connectivity index (χ0v) is 12.8. The molecule has 0 amide bonds. The first-order valence-electron chi connectivity index (χ1n) is 7.55. The van der Waals surface area contributed by atoms with Crippen LogP contribution >= 0.6 is 0 Å². The van der Waals surface area contributed by atoms with Gasteiger partial charge in [0.05, 0.1) is 12.9 Å². The van der Waals surface area contributed by atoms with Gasteiger partial charge in [-0.3, -0.25) is 0 Å². The molecule has 4 aromatic rings. The van der Waals surface area contributed by atoms with Gasteiger partial charge in [-0.05, 0) is 17.7 Å². The van der Waals surface area contributed by atoms with E-state index in [0.717, 1.165) is 11.1 Å². The first-order valence-corrected chi connectivity index (χ1v) is 7.55. The highest BCUT2D eigenvalue weighted by Gasteiger charge is 2.17. The quantitative estimate of drug-likeness (QED) is 0.625. The van der Waals surface area contributed by atoms with Crippen LogP contribution < -0.4 is 5.73 Å². The summed E-state index contributed by atoms with van der Waals surface area (Å²) in [5.74, 6) is 1.35. The average Bonchev–Trinajstić information content (AvgIpc) is 3.24. The minimum absolute atomic E-state index is 0.387. The normalized spacial score (nSPS) is 10.8. The van der Waals surface area contributed by atoms with Crippen LogP contribution in [0.3, 0.4) is 0 Å². The van der Waals surface area contributed by atoms with Crippen LogP contribution in [0.2, 0.25) is 0 Å². The van der Waals surface area contributed by atoms with E-state index in [2.05, 4.69) is 15.1 Å². The third kappa shape index (κ3) is 2.65. The van der Waals surface area contributed by atoms with Crippen molar-refractivity contribution >= 4 is 5.82 Å². The largest absolute Gasteiger partial charge is 0.383 e. The lowest BCUT2D eigenvalue weighted by atomic mass is 10.2. The zero-order chi connectivity index (χ0) is 16.4. The minimum atomic E-state index is 0.387. The van der Waals surface area contributed by atoms with Gasteiger partial charge < -0.3 is 14.8 Å². The summed E-state index contributed by atoms with van der Waals surface area (Å²) >= 11 is 0. The van der Waals surface area contributed by atoms with E-state index in [0.29, 0.717) is 29.8 Å². The van der Waals surface area contributed by atoms with E-state index in [-0.39, 0.29) is 0 Å². The van der Waals surface area contributed by atoms with Crippen LogP contribution in [0, 0.1) is 0 Å². The molecule has 24 heavy (non-hydrogen) atoms. The van der Waals surface area contributed by atoms with Crippen molar-refractivity contribution in [1.82, 2.24) is 19.7 Å². The van der Waals surface area contributed by atoms with E-state index in [1.807, 2.05) is 65.2 Å². The summed E-state index contributed by atoms with van der Waals surface area (Å²) < 4.78 is 7.19. The van der Waals surface area contributed by atoms with Crippen LogP contribution in [0.4, 0.5) is 5.82 Å². The molecule has 4 rings (SSSR count). The van der Waals surface area contributed by atoms with Crippen LogP contribution in [-0.2, 0) is 6.54 Å². The number of nitrogens with zero attached hydrogens (tertiary/aromatic N) is 4. The number of imidazole rings is 1. The molecule has 0 saturated heterocycles. The molecule has 0 aliphatic rings. The third-order valence-corrected chi connectivity index (χ3v) is 3.73. The first-order chi connectivity index (χ1) is 11.8. The summed E-state index contributed by atoms with van der Waals surface area (Å²) in [5.41, 5.74) is 8.74. The highest BCUT2D eigenvalue weighted by Crippen LogP contribution is 2.25. The third-order valence-electron chi connectivity index (χ3n) is 3.73. The Morgan fingerprint density at radius 3 is 2.42 bits per heavy atom. The Morgan fingerprint density at radius 1 is 0.958 bits per heavy atom. The Bertz CT molecular complexity index is 944. The molecule has 0 aliphatic heterocycles. The van der Waals surface area contributed by atoms with Crippen LogP contribution in [0.5, 0.6) is 0 Å². The highest BCUT2D eigenvalue weighted by atomic mass is 16.5. The smallest absolute Gasteiger partial charge is 0.258 e. The molecular weight excluding hydrogens is 302 g/mol. The van der Waals surface area contributed by atoms with Gasteiger partial charge in [-0.2, -0.15) is 4.98 Å². The highest BCUT2D eigenvalue weighted by molar-refractivity contribution is 5.66. The van der Waals surface area contributed by atoms with Crippen molar-refractivity contribution < 1.29 is 4.52 Å². The van der Waals surface area contributed by atoms with E-state index in [1.165, 1.54) is 0 Å². The predicted molar refractivity (Wildman–Crippen MR) is 90.9 cm³/mol. The Labute approximate surface area is 138 Å². The lowest BCUT2D eigenvalue weighted by molar-refractivity contribution is 0.432. The van der Waals surface area contributed by atoms with Gasteiger partial charge in [-0.1, -0.05) is 53.7 Å². The maximum absolute atomic E-state index is 6.21. The second-order valence-corrected chi connectivity index (χ2v) is 5.38. The molecule has 6 heteroatoms. The molecule has 0 radical (unpaired) electrons. The van der Waals surface area contributed by atoms with Crippen molar-refractivity contribution in [2.75, 3.05) is 5.73 Å². The number of hydrogen-bond donors (Lipinski definition) is 1. The van der Waals surface area contributed by atoms with Crippen molar-refractivity contribution in [2.45, 2.75) is 6.54 Å². The molecule has 0 saturated carbocycles. The molecule has 118 valence electrons. The first kappa shape index (κ1) is 14.2. The molecule has 6 nitrogen and oxygen atoms in total. The van der Waals surface area contributed by atoms with Crippen LogP contribution in [0.25, 0.3) is 23.0 Å². The second-order valence-electron chi connectivity index (χ2n) is 5.38. The summed E-state index contributed by atoms with van der Waals surface area (Å²) in [6, 6.07) is 19.7. The Hall–Kier alpha value is -3.41. The van der Waals surface area contributed by atoms with E-state index in [4.69, 9.17) is 10.3 Å². The number of rotatable bonds is 4. The number of nitrogens with two attached hydrogens (primary N) is 1. The van der Waals surface area contributed by atoms with Crippen molar-refractivity contribution in [3.8, 4) is 23.0 Å². The van der Waals surface area contributed by atoms with Gasteiger partial charge in [-0.15, -0.1) is 0 Å². The summed E-state index contributed by atoms with van der Waals surface area (Å²) in [5, 5.41) is 4.00. The summed E-state index contributed by atoms with van der Waals surface area (Å²) in [4.78, 5) is 8.74. The SMILES string of the molecule is Nc1c(-c2noc(-c3ccccc3)n2)ncn1Cc1ccccc1. The number of hydrogen-bond acceptors (Lipinski definition) is 5. The fourth-order valence-corrected chi connectivity index (χ4v) is 2.49. The lowest BCUT2D eigenvalue weighted by Gasteiger charge is -2.04. The zero-order valence-electron chi connectivity index (χ0n) is 12.8. The average molecular weight is 317 g/mol. The summed E-state index contributed by atoms with van der Waals surface area (Å²) in [6.07, 6.45) is 1.69. The number of anilines is 1. The maximum Gasteiger partial charge on any atom is 0.258 e. The van der Waals surface area contributed by atoms with Crippen LogP contribution in [0.1, 0.15) is 5.56 Å². The van der Waals surface area contributed by atoms with Crippen LogP contribution in [0.15, 0.2) is 71.5 Å². The molecule has 0 aliphatic carbocycles. The maximum atomic E-state index is 6.21. The van der Waals surface area contributed by atoms with Gasteiger partial charge in [0.25, 0.3) is 5.89 Å². The van der Waals surface area contributed by atoms with Gasteiger partial charge in [0.2, 0.25) is 5.82 Å². The van der Waals surface area contributed by atoms with E-state index < -0.39 is 0 Å².